The van der Waals surface area contributed by atoms with Crippen LogP contribution in [0, 0.1) is 29.4 Å². The lowest BCUT2D eigenvalue weighted by Crippen LogP contribution is -2.33. The number of hydrogen-bond donors (Lipinski definition) is 1. The van der Waals surface area contributed by atoms with Gasteiger partial charge in [0.25, 0.3) is 0 Å². The van der Waals surface area contributed by atoms with Crippen LogP contribution in [0.5, 0.6) is 0 Å². The van der Waals surface area contributed by atoms with Gasteiger partial charge in [0.05, 0.1) is 0 Å². The number of halogens is 2. The van der Waals surface area contributed by atoms with Crippen molar-refractivity contribution in [1.29, 1.82) is 0 Å². The van der Waals surface area contributed by atoms with Gasteiger partial charge in [-0.3, -0.25) is 0 Å². The third-order valence-electron chi connectivity index (χ3n) is 4.56. The van der Waals surface area contributed by atoms with Crippen LogP contribution in [0.15, 0.2) is 18.2 Å². The number of nitrogens with one attached hydrogen (secondary N) is 1. The Morgan fingerprint density at radius 1 is 1.20 bits per heavy atom. The molecule has 0 heterocycles. The second kappa shape index (κ2) is 7.16. The molecule has 20 heavy (non-hydrogen) atoms. The van der Waals surface area contributed by atoms with E-state index in [0.717, 1.165) is 32.0 Å². The molecular weight excluding hydrogens is 256 g/mol. The third kappa shape index (κ3) is 4.02. The molecule has 1 N–H and O–H groups in total. The van der Waals surface area contributed by atoms with Gasteiger partial charge in [-0.05, 0) is 61.7 Å². The maximum absolute atomic E-state index is 13.8. The smallest absolute Gasteiger partial charge is 0.129 e. The third-order valence-corrected chi connectivity index (χ3v) is 4.56. The van der Waals surface area contributed by atoms with E-state index in [1.165, 1.54) is 18.9 Å². The van der Waals surface area contributed by atoms with Crippen LogP contribution >= 0.6 is 0 Å². The summed E-state index contributed by atoms with van der Waals surface area (Å²) in [4.78, 5) is 0. The summed E-state index contributed by atoms with van der Waals surface area (Å²) < 4.78 is 26.8. The second-order valence-electron chi connectivity index (χ2n) is 6.19. The van der Waals surface area contributed by atoms with Crippen LogP contribution in [0.25, 0.3) is 0 Å². The summed E-state index contributed by atoms with van der Waals surface area (Å²) in [5.74, 6) is 0.924. The van der Waals surface area contributed by atoms with E-state index < -0.39 is 11.6 Å². The first-order valence-electron chi connectivity index (χ1n) is 7.74. The Kier molecular flexibility index (Phi) is 5.53. The molecule has 3 atom stereocenters. The van der Waals surface area contributed by atoms with E-state index in [2.05, 4.69) is 19.2 Å². The fourth-order valence-electron chi connectivity index (χ4n) is 3.38. The number of hydrogen-bond acceptors (Lipinski definition) is 1. The Bertz CT molecular complexity index is 431. The maximum atomic E-state index is 13.8. The van der Waals surface area contributed by atoms with Gasteiger partial charge < -0.3 is 5.32 Å². The first-order valence-corrected chi connectivity index (χ1v) is 7.74. The summed E-state index contributed by atoms with van der Waals surface area (Å²) in [6.45, 7) is 6.37. The highest BCUT2D eigenvalue weighted by Gasteiger charge is 2.29. The Morgan fingerprint density at radius 2 is 2.00 bits per heavy atom. The standard InChI is InChI=1S/C17H25F2N/c1-3-20-11-14-5-4-12(2)8-15(14)9-13-6-7-16(18)10-17(13)19/h6-7,10,12,14-15,20H,3-5,8-9,11H2,1-2H3. The van der Waals surface area contributed by atoms with E-state index in [9.17, 15) is 8.78 Å². The summed E-state index contributed by atoms with van der Waals surface area (Å²) in [5.41, 5.74) is 0.659. The van der Waals surface area contributed by atoms with Gasteiger partial charge in [-0.15, -0.1) is 0 Å². The van der Waals surface area contributed by atoms with Gasteiger partial charge in [0.1, 0.15) is 11.6 Å². The number of rotatable bonds is 5. The largest absolute Gasteiger partial charge is 0.317 e. The van der Waals surface area contributed by atoms with Crippen LogP contribution in [-0.2, 0) is 6.42 Å². The highest BCUT2D eigenvalue weighted by Crippen LogP contribution is 2.36. The average molecular weight is 281 g/mol. The number of benzene rings is 1. The molecule has 1 aromatic carbocycles. The molecule has 0 aliphatic heterocycles. The molecule has 3 heteroatoms. The molecule has 0 bridgehead atoms. The van der Waals surface area contributed by atoms with E-state index in [0.29, 0.717) is 23.3 Å². The molecule has 2 rings (SSSR count). The zero-order valence-electron chi connectivity index (χ0n) is 12.5. The molecular formula is C17H25F2N. The first kappa shape index (κ1) is 15.4. The van der Waals surface area contributed by atoms with E-state index in [4.69, 9.17) is 0 Å². The lowest BCUT2D eigenvalue weighted by Gasteiger charge is -2.35. The molecule has 1 aromatic rings. The predicted molar refractivity (Wildman–Crippen MR) is 78.6 cm³/mol. The highest BCUT2D eigenvalue weighted by molar-refractivity contribution is 5.19. The topological polar surface area (TPSA) is 12.0 Å². The van der Waals surface area contributed by atoms with E-state index in [-0.39, 0.29) is 0 Å². The van der Waals surface area contributed by atoms with Crippen molar-refractivity contribution in [2.45, 2.75) is 39.5 Å². The Morgan fingerprint density at radius 3 is 2.70 bits per heavy atom. The van der Waals surface area contributed by atoms with Crippen LogP contribution in [0.2, 0.25) is 0 Å². The zero-order valence-corrected chi connectivity index (χ0v) is 12.5. The van der Waals surface area contributed by atoms with Gasteiger partial charge >= 0.3 is 0 Å². The summed E-state index contributed by atoms with van der Waals surface area (Å²) in [7, 11) is 0. The van der Waals surface area contributed by atoms with Crippen molar-refractivity contribution >= 4 is 0 Å². The molecule has 1 fully saturated rings. The van der Waals surface area contributed by atoms with Crippen molar-refractivity contribution in [3.05, 3.63) is 35.4 Å². The lowest BCUT2D eigenvalue weighted by atomic mass is 9.72. The zero-order chi connectivity index (χ0) is 14.5. The van der Waals surface area contributed by atoms with E-state index in [1.54, 1.807) is 6.07 Å². The van der Waals surface area contributed by atoms with Crippen LogP contribution < -0.4 is 5.32 Å². The van der Waals surface area contributed by atoms with Gasteiger partial charge in [-0.25, -0.2) is 8.78 Å². The normalized spacial score (nSPS) is 26.7. The Hall–Kier alpha value is -0.960. The molecule has 3 unspecified atom stereocenters. The summed E-state index contributed by atoms with van der Waals surface area (Å²) >= 11 is 0. The van der Waals surface area contributed by atoms with Crippen molar-refractivity contribution in [2.24, 2.45) is 17.8 Å². The Labute approximate surface area is 120 Å². The molecule has 0 radical (unpaired) electrons. The van der Waals surface area contributed by atoms with Crippen LogP contribution in [0.1, 0.15) is 38.7 Å². The fraction of sp³-hybridized carbons (Fsp3) is 0.647. The van der Waals surface area contributed by atoms with Crippen molar-refractivity contribution in [3.8, 4) is 0 Å². The quantitative estimate of drug-likeness (QED) is 0.854. The molecule has 112 valence electrons. The lowest BCUT2D eigenvalue weighted by molar-refractivity contribution is 0.183. The second-order valence-corrected chi connectivity index (χ2v) is 6.19. The SMILES string of the molecule is CCNCC1CCC(C)CC1Cc1ccc(F)cc1F. The van der Waals surface area contributed by atoms with Crippen molar-refractivity contribution < 1.29 is 8.78 Å². The van der Waals surface area contributed by atoms with E-state index >= 15 is 0 Å². The fourth-order valence-corrected chi connectivity index (χ4v) is 3.38. The van der Waals surface area contributed by atoms with Gasteiger partial charge in [-0.1, -0.05) is 26.3 Å². The molecule has 1 nitrogen and oxygen atoms in total. The first-order chi connectivity index (χ1) is 9.60. The molecule has 0 aromatic heterocycles. The summed E-state index contributed by atoms with van der Waals surface area (Å²) in [6, 6.07) is 3.97. The molecule has 0 amide bonds. The van der Waals surface area contributed by atoms with Crippen LogP contribution in [-0.4, -0.2) is 13.1 Å². The monoisotopic (exact) mass is 281 g/mol. The van der Waals surface area contributed by atoms with Gasteiger partial charge in [0.15, 0.2) is 0 Å². The van der Waals surface area contributed by atoms with Crippen molar-refractivity contribution in [2.75, 3.05) is 13.1 Å². The molecule has 1 aliphatic carbocycles. The minimum absolute atomic E-state index is 0.398. The Balaban J connectivity index is 2.06. The van der Waals surface area contributed by atoms with Gasteiger partial charge in [0.2, 0.25) is 0 Å². The minimum atomic E-state index is -0.493. The average Bonchev–Trinajstić information content (AvgIpc) is 2.41. The maximum Gasteiger partial charge on any atom is 0.129 e. The molecule has 0 spiro atoms. The molecule has 1 aliphatic rings. The molecule has 0 saturated heterocycles. The summed E-state index contributed by atoms with van der Waals surface area (Å²) in [5, 5.41) is 3.42. The minimum Gasteiger partial charge on any atom is -0.317 e. The highest BCUT2D eigenvalue weighted by atomic mass is 19.1. The molecule has 1 saturated carbocycles. The predicted octanol–water partition coefficient (Wildman–Crippen LogP) is 4.17. The van der Waals surface area contributed by atoms with Gasteiger partial charge in [-0.2, -0.15) is 0 Å². The van der Waals surface area contributed by atoms with Gasteiger partial charge in [0, 0.05) is 6.07 Å². The van der Waals surface area contributed by atoms with Crippen molar-refractivity contribution in [1.82, 2.24) is 5.32 Å². The van der Waals surface area contributed by atoms with Crippen molar-refractivity contribution in [3.63, 3.8) is 0 Å². The van der Waals surface area contributed by atoms with Crippen LogP contribution in [0.4, 0.5) is 8.78 Å². The van der Waals surface area contributed by atoms with Crippen LogP contribution in [0.3, 0.4) is 0 Å². The van der Waals surface area contributed by atoms with E-state index in [1.807, 2.05) is 0 Å². The summed E-state index contributed by atoms with van der Waals surface area (Å²) in [6.07, 6.45) is 4.35.